The number of rotatable bonds is 4. The highest BCUT2D eigenvalue weighted by Gasteiger charge is 2.10. The molecule has 0 saturated heterocycles. The Labute approximate surface area is 113 Å². The second kappa shape index (κ2) is 6.01. The number of aromatic nitrogens is 1. The quantitative estimate of drug-likeness (QED) is 0.900. The van der Waals surface area contributed by atoms with Crippen molar-refractivity contribution in [2.75, 3.05) is 11.9 Å². The van der Waals surface area contributed by atoms with Gasteiger partial charge in [0.15, 0.2) is 0 Å². The largest absolute Gasteiger partial charge is 0.369 e. The Morgan fingerprint density at radius 3 is 2.63 bits per heavy atom. The molecule has 1 heterocycles. The van der Waals surface area contributed by atoms with Crippen LogP contribution in [0.4, 0.5) is 5.82 Å². The Balaban J connectivity index is 2.48. The molecule has 0 aliphatic rings. The van der Waals surface area contributed by atoms with Gasteiger partial charge in [0.1, 0.15) is 11.9 Å². The van der Waals surface area contributed by atoms with Crippen LogP contribution in [0.25, 0.3) is 11.3 Å². The Bertz CT molecular complexity index is 597. The van der Waals surface area contributed by atoms with Gasteiger partial charge in [-0.15, -0.1) is 0 Å². The molecule has 1 aromatic heterocycles. The second-order valence-corrected chi connectivity index (χ2v) is 4.45. The van der Waals surface area contributed by atoms with E-state index in [9.17, 15) is 5.26 Å². The highest BCUT2D eigenvalue weighted by Crippen LogP contribution is 2.25. The second-order valence-electron chi connectivity index (χ2n) is 4.45. The standard InChI is InChI=1S/C16H17N3/c1-3-9-18-16-14(11-17)10-12(2)15(19-16)13-7-5-4-6-8-13/h4-8,10H,3,9H2,1-2H3,(H,18,19). The molecule has 1 aromatic carbocycles. The fourth-order valence-corrected chi connectivity index (χ4v) is 1.97. The summed E-state index contributed by atoms with van der Waals surface area (Å²) in [6.45, 7) is 4.89. The molecule has 96 valence electrons. The molecule has 0 atom stereocenters. The van der Waals surface area contributed by atoms with Crippen LogP contribution < -0.4 is 5.32 Å². The SMILES string of the molecule is CCCNc1nc(-c2ccccc2)c(C)cc1C#N. The third kappa shape index (κ3) is 2.92. The number of nitrogens with zero attached hydrogens (tertiary/aromatic N) is 2. The molecule has 0 radical (unpaired) electrons. The van der Waals surface area contributed by atoms with E-state index >= 15 is 0 Å². The summed E-state index contributed by atoms with van der Waals surface area (Å²) < 4.78 is 0. The van der Waals surface area contributed by atoms with Gasteiger partial charge < -0.3 is 5.32 Å². The smallest absolute Gasteiger partial charge is 0.144 e. The Kier molecular flexibility index (Phi) is 4.15. The van der Waals surface area contributed by atoms with Gasteiger partial charge in [-0.1, -0.05) is 37.3 Å². The predicted molar refractivity (Wildman–Crippen MR) is 77.9 cm³/mol. The zero-order chi connectivity index (χ0) is 13.7. The van der Waals surface area contributed by atoms with E-state index < -0.39 is 0 Å². The Morgan fingerprint density at radius 1 is 1.26 bits per heavy atom. The zero-order valence-corrected chi connectivity index (χ0v) is 11.3. The van der Waals surface area contributed by atoms with Crippen LogP contribution in [0, 0.1) is 18.3 Å². The minimum absolute atomic E-state index is 0.602. The molecule has 0 aliphatic carbocycles. The predicted octanol–water partition coefficient (Wildman–Crippen LogP) is 3.75. The first-order valence-corrected chi connectivity index (χ1v) is 6.47. The number of hydrogen-bond acceptors (Lipinski definition) is 3. The zero-order valence-electron chi connectivity index (χ0n) is 11.3. The van der Waals surface area contributed by atoms with Crippen molar-refractivity contribution < 1.29 is 0 Å². The molecule has 3 heteroatoms. The van der Waals surface area contributed by atoms with Gasteiger partial charge in [0.2, 0.25) is 0 Å². The summed E-state index contributed by atoms with van der Waals surface area (Å²) in [6, 6.07) is 14.1. The molecule has 1 N–H and O–H groups in total. The molecule has 0 fully saturated rings. The van der Waals surface area contributed by atoms with Crippen molar-refractivity contribution in [3.63, 3.8) is 0 Å². The van der Waals surface area contributed by atoms with Crippen LogP contribution in [0.5, 0.6) is 0 Å². The lowest BCUT2D eigenvalue weighted by molar-refractivity contribution is 0.967. The summed E-state index contributed by atoms with van der Waals surface area (Å²) in [5, 5.41) is 12.4. The Morgan fingerprint density at radius 2 is 2.00 bits per heavy atom. The van der Waals surface area contributed by atoms with Crippen molar-refractivity contribution in [1.29, 1.82) is 5.26 Å². The van der Waals surface area contributed by atoms with E-state index in [0.29, 0.717) is 11.4 Å². The molecule has 2 aromatic rings. The van der Waals surface area contributed by atoms with Gasteiger partial charge in [-0.25, -0.2) is 4.98 Å². The Hall–Kier alpha value is -2.34. The molecule has 19 heavy (non-hydrogen) atoms. The maximum Gasteiger partial charge on any atom is 0.144 e. The number of nitriles is 1. The summed E-state index contributed by atoms with van der Waals surface area (Å²) in [6.07, 6.45) is 1.00. The van der Waals surface area contributed by atoms with Crippen molar-refractivity contribution in [3.05, 3.63) is 47.5 Å². The van der Waals surface area contributed by atoms with Crippen LogP contribution in [0.15, 0.2) is 36.4 Å². The molecular formula is C16H17N3. The number of aryl methyl sites for hydroxylation is 1. The maximum atomic E-state index is 9.17. The average molecular weight is 251 g/mol. The van der Waals surface area contributed by atoms with Crippen LogP contribution in [0.1, 0.15) is 24.5 Å². The highest BCUT2D eigenvalue weighted by molar-refractivity contribution is 5.68. The molecule has 0 unspecified atom stereocenters. The van der Waals surface area contributed by atoms with Crippen molar-refractivity contribution >= 4 is 5.82 Å². The minimum atomic E-state index is 0.602. The van der Waals surface area contributed by atoms with Crippen LogP contribution >= 0.6 is 0 Å². The van der Waals surface area contributed by atoms with Crippen LogP contribution in [0.3, 0.4) is 0 Å². The van der Waals surface area contributed by atoms with E-state index in [1.807, 2.05) is 43.3 Å². The number of benzene rings is 1. The molecule has 0 spiro atoms. The third-order valence-electron chi connectivity index (χ3n) is 2.92. The number of pyridine rings is 1. The van der Waals surface area contributed by atoms with Crippen molar-refractivity contribution in [2.45, 2.75) is 20.3 Å². The van der Waals surface area contributed by atoms with Crippen molar-refractivity contribution in [1.82, 2.24) is 4.98 Å². The van der Waals surface area contributed by atoms with Gasteiger partial charge in [0, 0.05) is 12.1 Å². The van der Waals surface area contributed by atoms with E-state index in [1.54, 1.807) is 0 Å². The molecule has 2 rings (SSSR count). The lowest BCUT2D eigenvalue weighted by Gasteiger charge is -2.11. The highest BCUT2D eigenvalue weighted by atomic mass is 15.0. The molecule has 0 aliphatic heterocycles. The first-order chi connectivity index (χ1) is 9.26. The number of nitrogens with one attached hydrogen (secondary N) is 1. The first kappa shape index (κ1) is 13.1. The van der Waals surface area contributed by atoms with Gasteiger partial charge in [0.25, 0.3) is 0 Å². The normalized spacial score (nSPS) is 9.95. The van der Waals surface area contributed by atoms with E-state index in [0.717, 1.165) is 29.8 Å². The van der Waals surface area contributed by atoms with Crippen molar-refractivity contribution in [3.8, 4) is 17.3 Å². The van der Waals surface area contributed by atoms with Gasteiger partial charge >= 0.3 is 0 Å². The monoisotopic (exact) mass is 251 g/mol. The van der Waals surface area contributed by atoms with E-state index in [4.69, 9.17) is 0 Å². The third-order valence-corrected chi connectivity index (χ3v) is 2.92. The summed E-state index contributed by atoms with van der Waals surface area (Å²) in [5.74, 6) is 0.675. The molecule has 0 saturated carbocycles. The fourth-order valence-electron chi connectivity index (χ4n) is 1.97. The fraction of sp³-hybridized carbons (Fsp3) is 0.250. The van der Waals surface area contributed by atoms with Crippen LogP contribution in [-0.4, -0.2) is 11.5 Å². The minimum Gasteiger partial charge on any atom is -0.369 e. The van der Waals surface area contributed by atoms with Gasteiger partial charge in [-0.05, 0) is 25.0 Å². The number of hydrogen-bond donors (Lipinski definition) is 1. The lowest BCUT2D eigenvalue weighted by atomic mass is 10.0. The molecule has 0 bridgehead atoms. The summed E-state index contributed by atoms with van der Waals surface area (Å²) in [4.78, 5) is 4.62. The van der Waals surface area contributed by atoms with E-state index in [-0.39, 0.29) is 0 Å². The summed E-state index contributed by atoms with van der Waals surface area (Å²) in [5.41, 5.74) is 3.62. The molecular weight excluding hydrogens is 234 g/mol. The van der Waals surface area contributed by atoms with Gasteiger partial charge in [0.05, 0.1) is 11.3 Å². The lowest BCUT2D eigenvalue weighted by Crippen LogP contribution is -2.05. The summed E-state index contributed by atoms with van der Waals surface area (Å²) >= 11 is 0. The van der Waals surface area contributed by atoms with Crippen molar-refractivity contribution in [2.24, 2.45) is 0 Å². The number of anilines is 1. The first-order valence-electron chi connectivity index (χ1n) is 6.47. The molecule has 3 nitrogen and oxygen atoms in total. The average Bonchev–Trinajstić information content (AvgIpc) is 2.46. The molecule has 0 amide bonds. The van der Waals surface area contributed by atoms with E-state index in [2.05, 4.69) is 23.3 Å². The van der Waals surface area contributed by atoms with Gasteiger partial charge in [-0.2, -0.15) is 5.26 Å². The van der Waals surface area contributed by atoms with Crippen LogP contribution in [-0.2, 0) is 0 Å². The topological polar surface area (TPSA) is 48.7 Å². The summed E-state index contributed by atoms with van der Waals surface area (Å²) in [7, 11) is 0. The van der Waals surface area contributed by atoms with Gasteiger partial charge in [-0.3, -0.25) is 0 Å². The van der Waals surface area contributed by atoms with Crippen LogP contribution in [0.2, 0.25) is 0 Å². The maximum absolute atomic E-state index is 9.17. The van der Waals surface area contributed by atoms with E-state index in [1.165, 1.54) is 0 Å².